The summed E-state index contributed by atoms with van der Waals surface area (Å²) in [6.07, 6.45) is 2.90. The molecule has 1 heterocycles. The highest BCUT2D eigenvalue weighted by atomic mass is 35.5. The van der Waals surface area contributed by atoms with Gasteiger partial charge < -0.3 is 9.84 Å². The monoisotopic (exact) mass is 349 g/mol. The van der Waals surface area contributed by atoms with Crippen molar-refractivity contribution in [3.8, 4) is 17.6 Å². The molecule has 23 heavy (non-hydrogen) atoms. The van der Waals surface area contributed by atoms with Gasteiger partial charge in [-0.25, -0.2) is 4.98 Å². The Kier molecular flexibility index (Phi) is 5.57. The van der Waals surface area contributed by atoms with Gasteiger partial charge in [0.05, 0.1) is 11.6 Å². The molecule has 0 aliphatic heterocycles. The van der Waals surface area contributed by atoms with E-state index < -0.39 is 5.91 Å². The average molecular weight is 350 g/mol. The van der Waals surface area contributed by atoms with Crippen molar-refractivity contribution in [3.05, 3.63) is 39.9 Å². The highest BCUT2D eigenvalue weighted by molar-refractivity contribution is 7.13. The van der Waals surface area contributed by atoms with Crippen LogP contribution in [0.4, 0.5) is 5.13 Å². The van der Waals surface area contributed by atoms with Crippen molar-refractivity contribution in [2.45, 2.75) is 6.92 Å². The van der Waals surface area contributed by atoms with E-state index in [2.05, 4.69) is 10.3 Å². The fraction of sp³-hybridized carbons (Fsp3) is 0.133. The molecule has 2 aromatic rings. The molecule has 0 fully saturated rings. The lowest BCUT2D eigenvalue weighted by Gasteiger charge is -2.08. The van der Waals surface area contributed by atoms with Crippen LogP contribution in [-0.2, 0) is 4.79 Å². The molecule has 0 aliphatic rings. The predicted octanol–water partition coefficient (Wildman–Crippen LogP) is 3.45. The van der Waals surface area contributed by atoms with Crippen molar-refractivity contribution in [3.63, 3.8) is 0 Å². The molecule has 1 amide bonds. The molecule has 2 rings (SSSR count). The molecule has 0 atom stereocenters. The molecule has 0 spiro atoms. The number of rotatable bonds is 5. The predicted molar refractivity (Wildman–Crippen MR) is 88.6 cm³/mol. The Morgan fingerprint density at radius 3 is 3.00 bits per heavy atom. The molecule has 0 saturated heterocycles. The van der Waals surface area contributed by atoms with Crippen LogP contribution < -0.4 is 10.1 Å². The highest BCUT2D eigenvalue weighted by Crippen LogP contribution is 2.35. The Balaban J connectivity index is 2.30. The van der Waals surface area contributed by atoms with Gasteiger partial charge in [-0.05, 0) is 30.7 Å². The number of nitrogens with zero attached hydrogens (tertiary/aromatic N) is 2. The fourth-order valence-electron chi connectivity index (χ4n) is 1.71. The van der Waals surface area contributed by atoms with Crippen LogP contribution >= 0.6 is 22.9 Å². The zero-order valence-electron chi connectivity index (χ0n) is 12.0. The van der Waals surface area contributed by atoms with Crippen LogP contribution in [0.3, 0.4) is 0 Å². The molecule has 2 N–H and O–H groups in total. The van der Waals surface area contributed by atoms with E-state index in [1.807, 2.05) is 6.07 Å². The maximum Gasteiger partial charge on any atom is 0.268 e. The number of benzene rings is 1. The van der Waals surface area contributed by atoms with E-state index in [9.17, 15) is 15.2 Å². The Labute approximate surface area is 141 Å². The summed E-state index contributed by atoms with van der Waals surface area (Å²) in [7, 11) is 0. The van der Waals surface area contributed by atoms with Crippen molar-refractivity contribution >= 4 is 40.1 Å². The van der Waals surface area contributed by atoms with Crippen LogP contribution in [-0.4, -0.2) is 22.6 Å². The Morgan fingerprint density at radius 2 is 2.39 bits per heavy atom. The average Bonchev–Trinajstić information content (AvgIpc) is 3.02. The summed E-state index contributed by atoms with van der Waals surface area (Å²) < 4.78 is 5.26. The van der Waals surface area contributed by atoms with Gasteiger partial charge in [-0.3, -0.25) is 10.1 Å². The standard InChI is InChI=1S/C15H12ClN3O3S/c1-2-22-12-7-9(6-11(16)13(12)20)5-10(8-17)14(21)19-15-18-3-4-23-15/h3-7,20H,2H2,1H3,(H,18,19,21)/b10-5+. The number of carbonyl (C=O) groups is 1. The third kappa shape index (κ3) is 4.22. The summed E-state index contributed by atoms with van der Waals surface area (Å²) in [4.78, 5) is 16.0. The van der Waals surface area contributed by atoms with E-state index in [0.717, 1.165) is 0 Å². The third-order valence-electron chi connectivity index (χ3n) is 2.68. The van der Waals surface area contributed by atoms with Crippen molar-refractivity contribution < 1.29 is 14.6 Å². The highest BCUT2D eigenvalue weighted by Gasteiger charge is 2.13. The van der Waals surface area contributed by atoms with Crippen LogP contribution in [0.5, 0.6) is 11.5 Å². The summed E-state index contributed by atoms with van der Waals surface area (Å²) in [6, 6.07) is 4.76. The number of amides is 1. The largest absolute Gasteiger partial charge is 0.503 e. The number of hydrogen-bond donors (Lipinski definition) is 2. The molecule has 1 aromatic heterocycles. The van der Waals surface area contributed by atoms with Crippen LogP contribution in [0.15, 0.2) is 29.3 Å². The van der Waals surface area contributed by atoms with Crippen LogP contribution in [0.2, 0.25) is 5.02 Å². The molecule has 6 nitrogen and oxygen atoms in total. The Bertz CT molecular complexity index is 782. The summed E-state index contributed by atoms with van der Waals surface area (Å²) in [5.41, 5.74) is 0.339. The number of nitriles is 1. The minimum atomic E-state index is -0.579. The first kappa shape index (κ1) is 16.8. The van der Waals surface area contributed by atoms with E-state index in [0.29, 0.717) is 17.3 Å². The number of aromatic nitrogens is 1. The Hall–Kier alpha value is -2.56. The second-order valence-electron chi connectivity index (χ2n) is 4.24. The molecule has 0 saturated carbocycles. The topological polar surface area (TPSA) is 95.2 Å². The van der Waals surface area contributed by atoms with E-state index >= 15 is 0 Å². The number of phenols is 1. The molecule has 118 valence electrons. The minimum Gasteiger partial charge on any atom is -0.503 e. The Morgan fingerprint density at radius 1 is 1.61 bits per heavy atom. The number of thiazole rings is 1. The SMILES string of the molecule is CCOc1cc(/C=C(\C#N)C(=O)Nc2nccs2)cc(Cl)c1O. The summed E-state index contributed by atoms with van der Waals surface area (Å²) in [5, 5.41) is 23.7. The van der Waals surface area contributed by atoms with Gasteiger partial charge in [0.1, 0.15) is 11.6 Å². The number of hydrogen-bond acceptors (Lipinski definition) is 6. The first-order valence-electron chi connectivity index (χ1n) is 6.53. The number of nitrogens with one attached hydrogen (secondary N) is 1. The van der Waals surface area contributed by atoms with Crippen LogP contribution in [0.1, 0.15) is 12.5 Å². The van der Waals surface area contributed by atoms with Gasteiger partial charge in [-0.1, -0.05) is 11.6 Å². The van der Waals surface area contributed by atoms with E-state index in [4.69, 9.17) is 16.3 Å². The molecule has 0 radical (unpaired) electrons. The molecule has 8 heteroatoms. The second-order valence-corrected chi connectivity index (χ2v) is 5.55. The number of aromatic hydroxyl groups is 1. The lowest BCUT2D eigenvalue weighted by molar-refractivity contribution is -0.112. The molecule has 0 bridgehead atoms. The number of phenolic OH excluding ortho intramolecular Hbond substituents is 1. The number of anilines is 1. The molecular weight excluding hydrogens is 338 g/mol. The van der Waals surface area contributed by atoms with Gasteiger partial charge in [0.2, 0.25) is 0 Å². The van der Waals surface area contributed by atoms with E-state index in [1.165, 1.54) is 29.5 Å². The van der Waals surface area contributed by atoms with Gasteiger partial charge >= 0.3 is 0 Å². The second kappa shape index (κ2) is 7.63. The lowest BCUT2D eigenvalue weighted by Crippen LogP contribution is -2.13. The van der Waals surface area contributed by atoms with Crippen molar-refractivity contribution in [2.75, 3.05) is 11.9 Å². The normalized spacial score (nSPS) is 10.9. The van der Waals surface area contributed by atoms with Crippen molar-refractivity contribution in [1.29, 1.82) is 5.26 Å². The number of ether oxygens (including phenoxy) is 1. The molecular formula is C15H12ClN3O3S. The summed E-state index contributed by atoms with van der Waals surface area (Å²) >= 11 is 7.17. The first-order chi connectivity index (χ1) is 11.0. The molecule has 0 unspecified atom stereocenters. The fourth-order valence-corrected chi connectivity index (χ4v) is 2.45. The van der Waals surface area contributed by atoms with E-state index in [-0.39, 0.29) is 22.1 Å². The van der Waals surface area contributed by atoms with Gasteiger partial charge in [0.15, 0.2) is 16.6 Å². The number of carbonyl (C=O) groups excluding carboxylic acids is 1. The number of halogens is 1. The lowest BCUT2D eigenvalue weighted by atomic mass is 10.1. The maximum absolute atomic E-state index is 12.1. The zero-order chi connectivity index (χ0) is 16.8. The minimum absolute atomic E-state index is 0.0693. The quantitative estimate of drug-likeness (QED) is 0.636. The van der Waals surface area contributed by atoms with Gasteiger partial charge in [0, 0.05) is 11.6 Å². The van der Waals surface area contributed by atoms with Crippen molar-refractivity contribution in [2.24, 2.45) is 0 Å². The first-order valence-corrected chi connectivity index (χ1v) is 7.78. The molecule has 1 aromatic carbocycles. The van der Waals surface area contributed by atoms with Gasteiger partial charge in [-0.2, -0.15) is 5.26 Å². The van der Waals surface area contributed by atoms with Crippen LogP contribution in [0.25, 0.3) is 6.08 Å². The smallest absolute Gasteiger partial charge is 0.268 e. The molecule has 0 aliphatic carbocycles. The summed E-state index contributed by atoms with van der Waals surface area (Å²) in [5.74, 6) is -0.579. The van der Waals surface area contributed by atoms with Crippen molar-refractivity contribution in [1.82, 2.24) is 4.98 Å². The summed E-state index contributed by atoms with van der Waals surface area (Å²) in [6.45, 7) is 2.10. The van der Waals surface area contributed by atoms with Gasteiger partial charge in [-0.15, -0.1) is 11.3 Å². The maximum atomic E-state index is 12.1. The van der Waals surface area contributed by atoms with E-state index in [1.54, 1.807) is 18.5 Å². The van der Waals surface area contributed by atoms with Gasteiger partial charge in [0.25, 0.3) is 5.91 Å². The van der Waals surface area contributed by atoms with Crippen LogP contribution in [0, 0.1) is 11.3 Å². The third-order valence-corrected chi connectivity index (χ3v) is 3.66. The zero-order valence-corrected chi connectivity index (χ0v) is 13.6.